The first-order valence-corrected chi connectivity index (χ1v) is 5.63. The van der Waals surface area contributed by atoms with Gasteiger partial charge in [0.1, 0.15) is 5.82 Å². The van der Waals surface area contributed by atoms with Crippen molar-refractivity contribution in [3.63, 3.8) is 0 Å². The highest BCUT2D eigenvalue weighted by atomic mass is 19.1. The van der Waals surface area contributed by atoms with Crippen LogP contribution in [0, 0.1) is 27.7 Å². The largest absolute Gasteiger partial charge is 0.341 e. The maximum atomic E-state index is 13.6. The number of amides is 1. The van der Waals surface area contributed by atoms with Crippen molar-refractivity contribution in [3.05, 3.63) is 39.4 Å². The zero-order valence-corrected chi connectivity index (χ0v) is 10.8. The lowest BCUT2D eigenvalue weighted by atomic mass is 10.1. The normalized spacial score (nSPS) is 10.6. The van der Waals surface area contributed by atoms with Crippen LogP contribution in [0.3, 0.4) is 0 Å². The standard InChI is InChI=1S/C12H14F2N2O3/c1-7(2)6-15(3)12(17)8-4-10(14)11(16(18)19)5-9(8)13/h4-5,7H,6H2,1-3H3. The molecule has 0 bridgehead atoms. The molecule has 0 atom stereocenters. The van der Waals surface area contributed by atoms with Crippen LogP contribution in [0.5, 0.6) is 0 Å². The number of nitro groups is 1. The fraction of sp³-hybridized carbons (Fsp3) is 0.417. The number of benzene rings is 1. The lowest BCUT2D eigenvalue weighted by Crippen LogP contribution is -2.31. The zero-order valence-electron chi connectivity index (χ0n) is 10.8. The van der Waals surface area contributed by atoms with Crippen LogP contribution >= 0.6 is 0 Å². The second-order valence-corrected chi connectivity index (χ2v) is 4.62. The summed E-state index contributed by atoms with van der Waals surface area (Å²) in [6.45, 7) is 4.12. The van der Waals surface area contributed by atoms with E-state index in [2.05, 4.69) is 0 Å². The minimum Gasteiger partial charge on any atom is -0.341 e. The Labute approximate surface area is 109 Å². The molecule has 0 saturated heterocycles. The minimum absolute atomic E-state index is 0.167. The zero-order chi connectivity index (χ0) is 14.7. The third kappa shape index (κ3) is 3.46. The number of nitrogens with zero attached hydrogens (tertiary/aromatic N) is 2. The summed E-state index contributed by atoms with van der Waals surface area (Å²) in [5, 5.41) is 10.4. The van der Waals surface area contributed by atoms with Crippen LogP contribution in [0.2, 0.25) is 0 Å². The van der Waals surface area contributed by atoms with Crippen molar-refractivity contribution in [2.75, 3.05) is 13.6 Å². The van der Waals surface area contributed by atoms with E-state index in [-0.39, 0.29) is 5.92 Å². The molecule has 104 valence electrons. The second kappa shape index (κ2) is 5.73. The number of carbonyl (C=O) groups is 1. The van der Waals surface area contributed by atoms with E-state index in [1.54, 1.807) is 0 Å². The van der Waals surface area contributed by atoms with Gasteiger partial charge in [-0.15, -0.1) is 0 Å². The summed E-state index contributed by atoms with van der Waals surface area (Å²) in [6.07, 6.45) is 0. The molecule has 5 nitrogen and oxygen atoms in total. The van der Waals surface area contributed by atoms with Gasteiger partial charge in [0, 0.05) is 13.6 Å². The van der Waals surface area contributed by atoms with Crippen LogP contribution in [0.4, 0.5) is 14.5 Å². The van der Waals surface area contributed by atoms with E-state index in [1.165, 1.54) is 11.9 Å². The third-order valence-electron chi connectivity index (χ3n) is 2.45. The van der Waals surface area contributed by atoms with E-state index >= 15 is 0 Å². The number of hydrogen-bond donors (Lipinski definition) is 0. The molecule has 1 aromatic carbocycles. The third-order valence-corrected chi connectivity index (χ3v) is 2.45. The van der Waals surface area contributed by atoms with E-state index in [4.69, 9.17) is 0 Å². The Bertz CT molecular complexity index is 518. The summed E-state index contributed by atoms with van der Waals surface area (Å²) in [7, 11) is 1.46. The van der Waals surface area contributed by atoms with Crippen molar-refractivity contribution in [2.24, 2.45) is 5.92 Å². The van der Waals surface area contributed by atoms with E-state index in [0.717, 1.165) is 0 Å². The Morgan fingerprint density at radius 3 is 2.42 bits per heavy atom. The summed E-state index contributed by atoms with van der Waals surface area (Å²) in [5.74, 6) is -2.87. The molecule has 0 saturated carbocycles. The predicted octanol–water partition coefficient (Wildman–Crippen LogP) is 2.60. The molecule has 0 aliphatic carbocycles. The molecule has 0 fully saturated rings. The van der Waals surface area contributed by atoms with Gasteiger partial charge in [-0.1, -0.05) is 13.8 Å². The molecule has 0 heterocycles. The van der Waals surface area contributed by atoms with Gasteiger partial charge in [-0.25, -0.2) is 4.39 Å². The average Bonchev–Trinajstić information content (AvgIpc) is 2.29. The van der Waals surface area contributed by atoms with Crippen LogP contribution < -0.4 is 0 Å². The monoisotopic (exact) mass is 272 g/mol. The number of hydrogen-bond acceptors (Lipinski definition) is 3. The number of nitro benzene ring substituents is 1. The average molecular weight is 272 g/mol. The van der Waals surface area contributed by atoms with E-state index in [0.29, 0.717) is 18.7 Å². The van der Waals surface area contributed by atoms with Gasteiger partial charge in [-0.3, -0.25) is 14.9 Å². The van der Waals surface area contributed by atoms with Crippen molar-refractivity contribution < 1.29 is 18.5 Å². The molecule has 0 unspecified atom stereocenters. The molecule has 0 spiro atoms. The maximum Gasteiger partial charge on any atom is 0.307 e. The van der Waals surface area contributed by atoms with Gasteiger partial charge in [-0.2, -0.15) is 4.39 Å². The van der Waals surface area contributed by atoms with Gasteiger partial charge in [0.05, 0.1) is 16.6 Å². The number of rotatable bonds is 4. The lowest BCUT2D eigenvalue weighted by molar-refractivity contribution is -0.387. The smallest absolute Gasteiger partial charge is 0.307 e. The van der Waals surface area contributed by atoms with Gasteiger partial charge in [0.15, 0.2) is 0 Å². The van der Waals surface area contributed by atoms with Gasteiger partial charge >= 0.3 is 5.69 Å². The first kappa shape index (κ1) is 15.0. The second-order valence-electron chi connectivity index (χ2n) is 4.62. The number of carbonyl (C=O) groups excluding carboxylic acids is 1. The van der Waals surface area contributed by atoms with E-state index < -0.39 is 33.7 Å². The van der Waals surface area contributed by atoms with Crippen LogP contribution in [-0.4, -0.2) is 29.3 Å². The summed E-state index contributed by atoms with van der Waals surface area (Å²) in [5.41, 5.74) is -1.49. The molecule has 1 amide bonds. The lowest BCUT2D eigenvalue weighted by Gasteiger charge is -2.19. The van der Waals surface area contributed by atoms with Crippen molar-refractivity contribution in [1.29, 1.82) is 0 Å². The Balaban J connectivity index is 3.11. The fourth-order valence-electron chi connectivity index (χ4n) is 1.68. The molecule has 7 heteroatoms. The molecular formula is C12H14F2N2O3. The highest BCUT2D eigenvalue weighted by Gasteiger charge is 2.24. The highest BCUT2D eigenvalue weighted by Crippen LogP contribution is 2.22. The SMILES string of the molecule is CC(C)CN(C)C(=O)c1cc(F)c([N+](=O)[O-])cc1F. The first-order valence-electron chi connectivity index (χ1n) is 5.63. The summed E-state index contributed by atoms with van der Waals surface area (Å²) in [6, 6.07) is 0.985. The number of halogens is 2. The van der Waals surface area contributed by atoms with Crippen LogP contribution in [-0.2, 0) is 0 Å². The van der Waals surface area contributed by atoms with Crippen LogP contribution in [0.25, 0.3) is 0 Å². The minimum atomic E-state index is -1.23. The Morgan fingerprint density at radius 1 is 1.37 bits per heavy atom. The van der Waals surface area contributed by atoms with Gasteiger partial charge < -0.3 is 4.90 Å². The molecular weight excluding hydrogens is 258 g/mol. The quantitative estimate of drug-likeness (QED) is 0.625. The van der Waals surface area contributed by atoms with Crippen molar-refractivity contribution >= 4 is 11.6 Å². The van der Waals surface area contributed by atoms with Gasteiger partial charge in [0.2, 0.25) is 5.82 Å². The Kier molecular flexibility index (Phi) is 4.52. The Morgan fingerprint density at radius 2 is 1.95 bits per heavy atom. The Hall–Kier alpha value is -2.05. The molecule has 0 aliphatic rings. The molecule has 0 radical (unpaired) electrons. The van der Waals surface area contributed by atoms with Crippen LogP contribution in [0.15, 0.2) is 12.1 Å². The molecule has 19 heavy (non-hydrogen) atoms. The molecule has 1 rings (SSSR count). The topological polar surface area (TPSA) is 63.5 Å². The van der Waals surface area contributed by atoms with Gasteiger partial charge in [0.25, 0.3) is 5.91 Å². The first-order chi connectivity index (χ1) is 8.73. The van der Waals surface area contributed by atoms with Crippen molar-refractivity contribution in [3.8, 4) is 0 Å². The predicted molar refractivity (Wildman–Crippen MR) is 64.8 cm³/mol. The van der Waals surface area contributed by atoms with Crippen molar-refractivity contribution in [1.82, 2.24) is 4.90 Å². The maximum absolute atomic E-state index is 13.6. The van der Waals surface area contributed by atoms with Gasteiger partial charge in [-0.05, 0) is 12.0 Å². The summed E-state index contributed by atoms with van der Waals surface area (Å²) in [4.78, 5) is 22.5. The molecule has 0 aliphatic heterocycles. The van der Waals surface area contributed by atoms with Crippen LogP contribution in [0.1, 0.15) is 24.2 Å². The molecule has 1 aromatic rings. The summed E-state index contributed by atoms with van der Waals surface area (Å²) < 4.78 is 27.0. The van der Waals surface area contributed by atoms with E-state index in [9.17, 15) is 23.7 Å². The molecule has 0 aromatic heterocycles. The fourth-order valence-corrected chi connectivity index (χ4v) is 1.68. The summed E-state index contributed by atoms with van der Waals surface area (Å²) >= 11 is 0. The van der Waals surface area contributed by atoms with Crippen molar-refractivity contribution in [2.45, 2.75) is 13.8 Å². The molecule has 0 N–H and O–H groups in total. The highest BCUT2D eigenvalue weighted by molar-refractivity contribution is 5.94. The van der Waals surface area contributed by atoms with E-state index in [1.807, 2.05) is 13.8 Å².